The number of hydrogen-bond acceptors (Lipinski definition) is 4. The van der Waals surface area contributed by atoms with Gasteiger partial charge in [-0.2, -0.15) is 5.10 Å². The average Bonchev–Trinajstić information content (AvgIpc) is 3.25. The van der Waals surface area contributed by atoms with Crippen molar-refractivity contribution >= 4 is 23.1 Å². The maximum atomic E-state index is 12.1. The van der Waals surface area contributed by atoms with Gasteiger partial charge in [0.15, 0.2) is 23.2 Å². The maximum absolute atomic E-state index is 12.1. The van der Waals surface area contributed by atoms with Gasteiger partial charge in [0.25, 0.3) is 0 Å². The van der Waals surface area contributed by atoms with Crippen LogP contribution in [-0.2, 0) is 9.53 Å². The molecule has 2 aliphatic rings. The van der Waals surface area contributed by atoms with Crippen LogP contribution in [0.1, 0.15) is 50.7 Å². The van der Waals surface area contributed by atoms with E-state index in [0.29, 0.717) is 28.9 Å². The van der Waals surface area contributed by atoms with Gasteiger partial charge < -0.3 is 4.74 Å². The van der Waals surface area contributed by atoms with E-state index in [1.165, 1.54) is 6.08 Å². The van der Waals surface area contributed by atoms with Crippen molar-refractivity contribution in [3.8, 4) is 5.69 Å². The lowest BCUT2D eigenvalue weighted by Gasteiger charge is -2.30. The van der Waals surface area contributed by atoms with Crippen LogP contribution in [0.5, 0.6) is 0 Å². The Balaban J connectivity index is 1.82. The monoisotopic (exact) mass is 343 g/mol. The van der Waals surface area contributed by atoms with Crippen LogP contribution >= 0.6 is 11.6 Å². The number of rotatable bonds is 3. The third-order valence-electron chi connectivity index (χ3n) is 4.14. The number of ketones is 1. The van der Waals surface area contributed by atoms with E-state index in [-0.39, 0.29) is 5.78 Å². The topological polar surface area (TPSA) is 57.0 Å². The molecule has 2 aromatic rings. The minimum Gasteiger partial charge on any atom is -0.483 e. The van der Waals surface area contributed by atoms with Gasteiger partial charge in [-0.1, -0.05) is 11.6 Å². The van der Waals surface area contributed by atoms with E-state index in [9.17, 15) is 4.79 Å². The van der Waals surface area contributed by atoms with Gasteiger partial charge in [-0.25, -0.2) is 9.67 Å². The summed E-state index contributed by atoms with van der Waals surface area (Å²) in [6.07, 6.45) is 4.10. The van der Waals surface area contributed by atoms with E-state index in [2.05, 4.69) is 10.1 Å². The zero-order chi connectivity index (χ0) is 16.9. The summed E-state index contributed by atoms with van der Waals surface area (Å²) in [6.45, 7) is 3.81. The molecule has 1 aliphatic heterocycles. The van der Waals surface area contributed by atoms with E-state index in [4.69, 9.17) is 16.3 Å². The van der Waals surface area contributed by atoms with E-state index in [0.717, 1.165) is 24.4 Å². The number of allylic oxidation sites excluding steroid dienone is 1. The quantitative estimate of drug-likeness (QED) is 0.847. The molecule has 1 aromatic heterocycles. The minimum atomic E-state index is -0.544. The highest BCUT2D eigenvalue weighted by molar-refractivity contribution is 6.30. The smallest absolute Gasteiger partial charge is 0.198 e. The van der Waals surface area contributed by atoms with Gasteiger partial charge in [0.1, 0.15) is 5.60 Å². The molecule has 0 spiro atoms. The van der Waals surface area contributed by atoms with E-state index >= 15 is 0 Å². The summed E-state index contributed by atoms with van der Waals surface area (Å²) in [6, 6.07) is 7.38. The SMILES string of the molecule is CC1(C)CC(=O)C=C(c2nc(C3CC3)nn2-c2ccc(Cl)cc2)O1. The molecule has 0 unspecified atom stereocenters. The standard InChI is InChI=1S/C18H18ClN3O2/c1-18(2)10-14(23)9-15(24-18)17-20-16(11-3-4-11)21-22(17)13-7-5-12(19)6-8-13/h5-9,11H,3-4,10H2,1-2H3. The largest absolute Gasteiger partial charge is 0.483 e. The lowest BCUT2D eigenvalue weighted by molar-refractivity contribution is -0.119. The summed E-state index contributed by atoms with van der Waals surface area (Å²) >= 11 is 5.98. The van der Waals surface area contributed by atoms with Gasteiger partial charge in [0, 0.05) is 23.4 Å². The number of nitrogens with zero attached hydrogens (tertiary/aromatic N) is 3. The molecule has 1 aliphatic carbocycles. The molecule has 0 bridgehead atoms. The Bertz CT molecular complexity index is 832. The Morgan fingerprint density at radius 3 is 2.58 bits per heavy atom. The second-order valence-electron chi connectivity index (χ2n) is 6.97. The van der Waals surface area contributed by atoms with Crippen LogP contribution < -0.4 is 0 Å². The Morgan fingerprint density at radius 2 is 1.96 bits per heavy atom. The molecule has 1 saturated carbocycles. The molecule has 0 saturated heterocycles. The van der Waals surface area contributed by atoms with Crippen LogP contribution in [-0.4, -0.2) is 26.1 Å². The van der Waals surface area contributed by atoms with Crippen molar-refractivity contribution in [2.45, 2.75) is 44.6 Å². The first-order valence-corrected chi connectivity index (χ1v) is 8.46. The first-order valence-electron chi connectivity index (χ1n) is 8.08. The molecule has 0 amide bonds. The highest BCUT2D eigenvalue weighted by Crippen LogP contribution is 2.39. The van der Waals surface area contributed by atoms with Gasteiger partial charge in [-0.15, -0.1) is 0 Å². The van der Waals surface area contributed by atoms with Gasteiger partial charge in [-0.3, -0.25) is 4.79 Å². The summed E-state index contributed by atoms with van der Waals surface area (Å²) in [5.41, 5.74) is 0.298. The van der Waals surface area contributed by atoms with Crippen LogP contribution in [0, 0.1) is 0 Å². The van der Waals surface area contributed by atoms with Gasteiger partial charge in [-0.05, 0) is 51.0 Å². The molecular weight excluding hydrogens is 326 g/mol. The van der Waals surface area contributed by atoms with Crippen molar-refractivity contribution in [3.05, 3.63) is 47.0 Å². The number of halogens is 1. The summed E-state index contributed by atoms with van der Waals surface area (Å²) in [5.74, 6) is 2.30. The van der Waals surface area contributed by atoms with Crippen molar-refractivity contribution in [2.24, 2.45) is 0 Å². The fourth-order valence-electron chi connectivity index (χ4n) is 2.85. The first-order chi connectivity index (χ1) is 11.4. The van der Waals surface area contributed by atoms with Crippen molar-refractivity contribution in [2.75, 3.05) is 0 Å². The average molecular weight is 344 g/mol. The third kappa shape index (κ3) is 2.96. The van der Waals surface area contributed by atoms with Crippen LogP contribution in [0.3, 0.4) is 0 Å². The second kappa shape index (κ2) is 5.45. The molecule has 0 atom stereocenters. The molecule has 2 heterocycles. The maximum Gasteiger partial charge on any atom is 0.198 e. The number of aromatic nitrogens is 3. The zero-order valence-corrected chi connectivity index (χ0v) is 14.4. The van der Waals surface area contributed by atoms with Crippen LogP contribution in [0.15, 0.2) is 30.3 Å². The number of carbonyl (C=O) groups is 1. The van der Waals surface area contributed by atoms with Gasteiger partial charge in [0.2, 0.25) is 0 Å². The molecule has 124 valence electrons. The number of benzene rings is 1. The Labute approximate surface area is 145 Å². The molecule has 4 rings (SSSR count). The molecule has 0 N–H and O–H groups in total. The van der Waals surface area contributed by atoms with E-state index < -0.39 is 5.60 Å². The number of ether oxygens (including phenoxy) is 1. The summed E-state index contributed by atoms with van der Waals surface area (Å²) in [4.78, 5) is 16.7. The minimum absolute atomic E-state index is 0.0416. The Morgan fingerprint density at radius 1 is 1.25 bits per heavy atom. The molecule has 1 fully saturated rings. The fraction of sp³-hybridized carbons (Fsp3) is 0.389. The van der Waals surface area contributed by atoms with Crippen molar-refractivity contribution in [1.82, 2.24) is 14.8 Å². The second-order valence-corrected chi connectivity index (χ2v) is 7.41. The highest BCUT2D eigenvalue weighted by Gasteiger charge is 2.34. The number of carbonyl (C=O) groups excluding carboxylic acids is 1. The van der Waals surface area contributed by atoms with Crippen LogP contribution in [0.25, 0.3) is 11.4 Å². The molecular formula is C18H18ClN3O2. The predicted molar refractivity (Wildman–Crippen MR) is 91.1 cm³/mol. The fourth-order valence-corrected chi connectivity index (χ4v) is 2.98. The van der Waals surface area contributed by atoms with E-state index in [1.807, 2.05) is 38.1 Å². The Kier molecular flexibility index (Phi) is 3.49. The van der Waals surface area contributed by atoms with Gasteiger partial charge in [0.05, 0.1) is 5.69 Å². The van der Waals surface area contributed by atoms with Gasteiger partial charge >= 0.3 is 0 Å². The van der Waals surface area contributed by atoms with Crippen LogP contribution in [0.2, 0.25) is 5.02 Å². The first kappa shape index (κ1) is 15.4. The third-order valence-corrected chi connectivity index (χ3v) is 4.39. The molecule has 24 heavy (non-hydrogen) atoms. The van der Waals surface area contributed by atoms with Crippen LogP contribution in [0.4, 0.5) is 0 Å². The summed E-state index contributed by atoms with van der Waals surface area (Å²) in [7, 11) is 0. The highest BCUT2D eigenvalue weighted by atomic mass is 35.5. The summed E-state index contributed by atoms with van der Waals surface area (Å²) < 4.78 is 7.76. The molecule has 0 radical (unpaired) electrons. The Hall–Kier alpha value is -2.14. The lowest BCUT2D eigenvalue weighted by Crippen LogP contribution is -2.31. The zero-order valence-electron chi connectivity index (χ0n) is 13.6. The molecule has 5 nitrogen and oxygen atoms in total. The van der Waals surface area contributed by atoms with Crippen molar-refractivity contribution < 1.29 is 9.53 Å². The summed E-state index contributed by atoms with van der Waals surface area (Å²) in [5, 5.41) is 5.31. The van der Waals surface area contributed by atoms with Crippen molar-refractivity contribution in [1.29, 1.82) is 0 Å². The lowest BCUT2D eigenvalue weighted by atomic mass is 9.98. The predicted octanol–water partition coefficient (Wildman–Crippen LogP) is 3.91. The molecule has 6 heteroatoms. The van der Waals surface area contributed by atoms with E-state index in [1.54, 1.807) is 4.68 Å². The number of hydrogen-bond donors (Lipinski definition) is 0. The normalized spacial score (nSPS) is 19.8. The molecule has 1 aromatic carbocycles. The van der Waals surface area contributed by atoms with Crippen molar-refractivity contribution in [3.63, 3.8) is 0 Å².